The van der Waals surface area contributed by atoms with Gasteiger partial charge in [-0.1, -0.05) is 32.9 Å². The molecule has 1 aliphatic heterocycles. The van der Waals surface area contributed by atoms with Gasteiger partial charge in [-0.15, -0.1) is 5.10 Å². The van der Waals surface area contributed by atoms with E-state index in [4.69, 9.17) is 10.1 Å². The Bertz CT molecular complexity index is 1080. The molecule has 1 aromatic carbocycles. The maximum atomic E-state index is 12.4. The van der Waals surface area contributed by atoms with Crippen molar-refractivity contribution in [1.29, 1.82) is 0 Å². The number of carbonyl (C=O) groups excluding carboxylic acids is 1. The van der Waals surface area contributed by atoms with E-state index >= 15 is 0 Å². The fourth-order valence-electron chi connectivity index (χ4n) is 3.61. The molecular weight excluding hydrogens is 376 g/mol. The predicted molar refractivity (Wildman–Crippen MR) is 121 cm³/mol. The fourth-order valence-corrected chi connectivity index (χ4v) is 3.61. The molecule has 3 aromatic rings. The van der Waals surface area contributed by atoms with Crippen molar-refractivity contribution in [2.24, 2.45) is 5.41 Å². The largest absolute Gasteiger partial charge is 0.354 e. The highest BCUT2D eigenvalue weighted by atomic mass is 16.2. The number of aromatic nitrogens is 3. The van der Waals surface area contributed by atoms with Crippen molar-refractivity contribution in [3.05, 3.63) is 42.1 Å². The van der Waals surface area contributed by atoms with Crippen LogP contribution in [0.15, 0.2) is 36.5 Å². The Morgan fingerprint density at radius 2 is 2.00 bits per heavy atom. The maximum absolute atomic E-state index is 12.4. The molecule has 30 heavy (non-hydrogen) atoms. The van der Waals surface area contributed by atoms with Crippen LogP contribution < -0.4 is 15.5 Å². The Morgan fingerprint density at radius 1 is 1.20 bits per heavy atom. The van der Waals surface area contributed by atoms with Gasteiger partial charge >= 0.3 is 0 Å². The first-order chi connectivity index (χ1) is 14.2. The van der Waals surface area contributed by atoms with Crippen molar-refractivity contribution in [2.45, 2.75) is 40.2 Å². The Morgan fingerprint density at radius 3 is 2.70 bits per heavy atom. The number of rotatable bonds is 4. The van der Waals surface area contributed by atoms with Crippen LogP contribution in [0.3, 0.4) is 0 Å². The van der Waals surface area contributed by atoms with Crippen LogP contribution in [-0.4, -0.2) is 46.7 Å². The SMILES string of the molecule is CN[C@@H]1CCN(c2ccc3nc(-c4ccc(C)c(NC(=O)C(C)(C)C)c4)cn3n2)C1. The molecule has 158 valence electrons. The Hall–Kier alpha value is -2.93. The number of benzene rings is 1. The second kappa shape index (κ2) is 7.72. The standard InChI is InChI=1S/C23H30N6O/c1-15-6-7-16(12-18(15)26-22(30)23(2,3)4)19-14-29-20(25-19)8-9-21(27-29)28-11-10-17(13-28)24-5/h6-9,12,14,17,24H,10-11,13H2,1-5H3,(H,26,30)/t17-/m1/s1. The number of carbonyl (C=O) groups is 1. The van der Waals surface area contributed by atoms with Gasteiger partial charge in [0.15, 0.2) is 5.65 Å². The van der Waals surface area contributed by atoms with Crippen LogP contribution in [-0.2, 0) is 4.79 Å². The summed E-state index contributed by atoms with van der Waals surface area (Å²) in [6.45, 7) is 9.68. The molecule has 1 saturated heterocycles. The molecular formula is C23H30N6O. The Labute approximate surface area is 177 Å². The van der Waals surface area contributed by atoms with E-state index in [9.17, 15) is 4.79 Å². The highest BCUT2D eigenvalue weighted by Gasteiger charge is 2.23. The zero-order valence-electron chi connectivity index (χ0n) is 18.4. The second-order valence-electron chi connectivity index (χ2n) is 9.07. The van der Waals surface area contributed by atoms with Crippen LogP contribution >= 0.6 is 0 Å². The molecule has 0 unspecified atom stereocenters. The maximum Gasteiger partial charge on any atom is 0.229 e. The number of fused-ring (bicyclic) bond motifs is 1. The number of likely N-dealkylation sites (N-methyl/N-ethyl adjacent to an activating group) is 1. The highest BCUT2D eigenvalue weighted by Crippen LogP contribution is 2.27. The third-order valence-electron chi connectivity index (χ3n) is 5.69. The molecule has 7 heteroatoms. The number of amides is 1. The average molecular weight is 407 g/mol. The lowest BCUT2D eigenvalue weighted by molar-refractivity contribution is -0.123. The van der Waals surface area contributed by atoms with E-state index in [2.05, 4.69) is 15.5 Å². The van der Waals surface area contributed by atoms with Gasteiger partial charge in [0.05, 0.1) is 11.9 Å². The fraction of sp³-hybridized carbons (Fsp3) is 0.435. The summed E-state index contributed by atoms with van der Waals surface area (Å²) in [4.78, 5) is 19.5. The smallest absolute Gasteiger partial charge is 0.229 e. The lowest BCUT2D eigenvalue weighted by Crippen LogP contribution is -2.30. The molecule has 0 bridgehead atoms. The topological polar surface area (TPSA) is 74.6 Å². The van der Waals surface area contributed by atoms with Crippen LogP contribution in [0.25, 0.3) is 16.9 Å². The van der Waals surface area contributed by atoms with Gasteiger partial charge in [0.1, 0.15) is 5.82 Å². The van der Waals surface area contributed by atoms with E-state index in [-0.39, 0.29) is 5.91 Å². The normalized spacial score (nSPS) is 17.0. The number of hydrogen-bond donors (Lipinski definition) is 2. The van der Waals surface area contributed by atoms with Crippen molar-refractivity contribution in [1.82, 2.24) is 19.9 Å². The molecule has 2 N–H and O–H groups in total. The summed E-state index contributed by atoms with van der Waals surface area (Å²) in [6.07, 6.45) is 3.07. The summed E-state index contributed by atoms with van der Waals surface area (Å²) in [5.74, 6) is 0.959. The lowest BCUT2D eigenvalue weighted by Gasteiger charge is -2.19. The van der Waals surface area contributed by atoms with Gasteiger partial charge in [-0.25, -0.2) is 9.50 Å². The Kier molecular flexibility index (Phi) is 5.24. The molecule has 4 rings (SSSR count). The summed E-state index contributed by atoms with van der Waals surface area (Å²) >= 11 is 0. The van der Waals surface area contributed by atoms with Crippen molar-refractivity contribution >= 4 is 23.1 Å². The van der Waals surface area contributed by atoms with Crippen molar-refractivity contribution in [3.8, 4) is 11.3 Å². The minimum atomic E-state index is -0.451. The first kappa shape index (κ1) is 20.3. The molecule has 1 fully saturated rings. The van der Waals surface area contributed by atoms with E-state index in [1.165, 1.54) is 0 Å². The minimum Gasteiger partial charge on any atom is -0.354 e. The molecule has 0 radical (unpaired) electrons. The van der Waals surface area contributed by atoms with Crippen molar-refractivity contribution in [2.75, 3.05) is 30.4 Å². The van der Waals surface area contributed by atoms with E-state index in [0.717, 1.165) is 53.5 Å². The molecule has 1 aliphatic rings. The summed E-state index contributed by atoms with van der Waals surface area (Å²) < 4.78 is 1.84. The molecule has 1 amide bonds. The molecule has 7 nitrogen and oxygen atoms in total. The predicted octanol–water partition coefficient (Wildman–Crippen LogP) is 3.49. The molecule has 1 atom stereocenters. The molecule has 0 spiro atoms. The molecule has 0 saturated carbocycles. The molecule has 0 aliphatic carbocycles. The van der Waals surface area contributed by atoms with Gasteiger partial charge in [0.25, 0.3) is 0 Å². The zero-order valence-corrected chi connectivity index (χ0v) is 18.4. The quantitative estimate of drug-likeness (QED) is 0.694. The lowest BCUT2D eigenvalue weighted by atomic mass is 9.95. The number of nitrogens with one attached hydrogen (secondary N) is 2. The van der Waals surface area contributed by atoms with Crippen LogP contribution in [0.2, 0.25) is 0 Å². The van der Waals surface area contributed by atoms with Crippen LogP contribution in [0, 0.1) is 12.3 Å². The summed E-state index contributed by atoms with van der Waals surface area (Å²) in [5, 5.41) is 11.2. The number of aryl methyl sites for hydroxylation is 1. The minimum absolute atomic E-state index is 0.00505. The van der Waals surface area contributed by atoms with Crippen molar-refractivity contribution < 1.29 is 4.79 Å². The third-order valence-corrected chi connectivity index (χ3v) is 5.69. The zero-order chi connectivity index (χ0) is 21.5. The van der Waals surface area contributed by atoms with Crippen LogP contribution in [0.4, 0.5) is 11.5 Å². The number of anilines is 2. The molecule has 3 heterocycles. The average Bonchev–Trinajstić information content (AvgIpc) is 3.35. The van der Waals surface area contributed by atoms with E-state index in [1.54, 1.807) is 0 Å². The van der Waals surface area contributed by atoms with Crippen LogP contribution in [0.5, 0.6) is 0 Å². The van der Waals surface area contributed by atoms with Gasteiger partial charge in [-0.05, 0) is 44.2 Å². The second-order valence-corrected chi connectivity index (χ2v) is 9.07. The van der Waals surface area contributed by atoms with Gasteiger partial charge in [-0.3, -0.25) is 4.79 Å². The number of nitrogens with zero attached hydrogens (tertiary/aromatic N) is 4. The summed E-state index contributed by atoms with van der Waals surface area (Å²) in [6, 6.07) is 10.6. The first-order valence-electron chi connectivity index (χ1n) is 10.5. The number of imidazole rings is 1. The van der Waals surface area contributed by atoms with Gasteiger partial charge < -0.3 is 15.5 Å². The van der Waals surface area contributed by atoms with Crippen LogP contribution in [0.1, 0.15) is 32.8 Å². The van der Waals surface area contributed by atoms with Crippen molar-refractivity contribution in [3.63, 3.8) is 0 Å². The number of hydrogen-bond acceptors (Lipinski definition) is 5. The van der Waals surface area contributed by atoms with E-state index in [0.29, 0.717) is 6.04 Å². The van der Waals surface area contributed by atoms with E-state index in [1.807, 2.05) is 75.8 Å². The Balaban J connectivity index is 1.62. The van der Waals surface area contributed by atoms with Gasteiger partial charge in [0.2, 0.25) is 5.91 Å². The first-order valence-corrected chi connectivity index (χ1v) is 10.5. The summed E-state index contributed by atoms with van der Waals surface area (Å²) in [5.41, 5.74) is 3.97. The van der Waals surface area contributed by atoms with E-state index < -0.39 is 5.41 Å². The van der Waals surface area contributed by atoms with Gasteiger partial charge in [-0.2, -0.15) is 0 Å². The summed E-state index contributed by atoms with van der Waals surface area (Å²) in [7, 11) is 2.01. The highest BCUT2D eigenvalue weighted by molar-refractivity contribution is 5.95. The molecule has 2 aromatic heterocycles. The monoisotopic (exact) mass is 406 g/mol. The van der Waals surface area contributed by atoms with Gasteiger partial charge in [0, 0.05) is 35.8 Å². The third kappa shape index (κ3) is 4.03.